The van der Waals surface area contributed by atoms with Gasteiger partial charge in [-0.2, -0.15) is 26.3 Å². The maximum absolute atomic E-state index is 13.5. The average molecular weight is 490 g/mol. The third kappa shape index (κ3) is 6.08. The van der Waals surface area contributed by atoms with E-state index in [4.69, 9.17) is 0 Å². The van der Waals surface area contributed by atoms with Gasteiger partial charge in [0.05, 0.1) is 11.1 Å². The van der Waals surface area contributed by atoms with E-state index in [0.29, 0.717) is 38.1 Å². The molecule has 186 valence electrons. The van der Waals surface area contributed by atoms with E-state index in [1.165, 1.54) is 19.2 Å². The minimum Gasteiger partial charge on any atom is -0.341 e. The van der Waals surface area contributed by atoms with Crippen molar-refractivity contribution < 1.29 is 35.5 Å². The summed E-state index contributed by atoms with van der Waals surface area (Å²) in [6.07, 6.45) is -8.69. The molecule has 0 radical (unpaired) electrons. The van der Waals surface area contributed by atoms with Crippen molar-refractivity contribution in [3.05, 3.63) is 70.5 Å². The summed E-state index contributed by atoms with van der Waals surface area (Å²) in [5, 5.41) is 0. The number of rotatable bonds is 5. The predicted octanol–water partition coefficient (Wildman–Crippen LogP) is 5.88. The fourth-order valence-corrected chi connectivity index (χ4v) is 4.31. The first-order chi connectivity index (χ1) is 15.7. The Morgan fingerprint density at radius 3 is 1.91 bits per heavy atom. The number of carbonyl (C=O) groups excluding carboxylic acids is 1. The van der Waals surface area contributed by atoms with Crippen LogP contribution in [0.4, 0.5) is 30.7 Å². The number of piperidine rings is 1. The zero-order chi connectivity index (χ0) is 25.3. The molecule has 10 heteroatoms. The summed E-state index contributed by atoms with van der Waals surface area (Å²) < 4.78 is 92.4. The average Bonchev–Trinajstić information content (AvgIpc) is 2.74. The van der Waals surface area contributed by atoms with Crippen LogP contribution >= 0.6 is 0 Å². The van der Waals surface area contributed by atoms with E-state index in [-0.39, 0.29) is 18.1 Å². The first-order valence-corrected chi connectivity index (χ1v) is 10.7. The number of hydrogen-bond donors (Lipinski definition) is 0. The molecule has 1 heterocycles. The van der Waals surface area contributed by atoms with Crippen molar-refractivity contribution >= 4 is 5.91 Å². The quantitative estimate of drug-likeness (QED) is 0.489. The standard InChI is InChI=1S/C24H25F7N2O/c1-32-9-7-22(8-10-32,17-3-5-20(25)6-4-17)14-21(34)33(2)15-16-11-18(23(26,27)28)13-19(12-16)24(29,30)31/h3-6,11-13H,7-10,14-15H2,1-2H3. The van der Waals surface area contributed by atoms with Crippen LogP contribution < -0.4 is 0 Å². The largest absolute Gasteiger partial charge is 0.416 e. The lowest BCUT2D eigenvalue weighted by atomic mass is 9.70. The number of halogens is 7. The Hall–Kier alpha value is -2.62. The van der Waals surface area contributed by atoms with E-state index in [1.807, 2.05) is 7.05 Å². The number of benzene rings is 2. The zero-order valence-corrected chi connectivity index (χ0v) is 18.7. The van der Waals surface area contributed by atoms with Crippen molar-refractivity contribution in [2.45, 2.75) is 43.6 Å². The van der Waals surface area contributed by atoms with E-state index < -0.39 is 47.2 Å². The number of hydrogen-bond acceptors (Lipinski definition) is 2. The first-order valence-electron chi connectivity index (χ1n) is 10.7. The Morgan fingerprint density at radius 1 is 0.941 bits per heavy atom. The Balaban J connectivity index is 1.85. The van der Waals surface area contributed by atoms with Gasteiger partial charge in [-0.3, -0.25) is 4.79 Å². The summed E-state index contributed by atoms with van der Waals surface area (Å²) in [5.41, 5.74) is -2.93. The molecule has 0 bridgehead atoms. The molecule has 1 saturated heterocycles. The monoisotopic (exact) mass is 490 g/mol. The van der Waals surface area contributed by atoms with E-state index in [9.17, 15) is 35.5 Å². The lowest BCUT2D eigenvalue weighted by Gasteiger charge is -2.41. The molecule has 34 heavy (non-hydrogen) atoms. The van der Waals surface area contributed by atoms with Crippen LogP contribution in [-0.4, -0.2) is 42.9 Å². The Labute approximate surface area is 193 Å². The molecule has 0 aromatic heterocycles. The number of carbonyl (C=O) groups is 1. The zero-order valence-electron chi connectivity index (χ0n) is 18.7. The molecule has 3 rings (SSSR count). The molecule has 0 spiro atoms. The normalized spacial score (nSPS) is 17.0. The van der Waals surface area contributed by atoms with Gasteiger partial charge in [0.2, 0.25) is 5.91 Å². The Kier molecular flexibility index (Phi) is 7.31. The number of likely N-dealkylation sites (tertiary alicyclic amines) is 1. The fraction of sp³-hybridized carbons (Fsp3) is 0.458. The summed E-state index contributed by atoms with van der Waals surface area (Å²) >= 11 is 0. The van der Waals surface area contributed by atoms with Crippen molar-refractivity contribution in [2.24, 2.45) is 0 Å². The second-order valence-electron chi connectivity index (χ2n) is 8.93. The van der Waals surface area contributed by atoms with Gasteiger partial charge in [-0.25, -0.2) is 4.39 Å². The molecule has 2 aromatic rings. The van der Waals surface area contributed by atoms with Crippen LogP contribution in [0.25, 0.3) is 0 Å². The third-order valence-corrected chi connectivity index (χ3v) is 6.38. The van der Waals surface area contributed by atoms with Crippen LogP contribution in [0.1, 0.15) is 41.5 Å². The summed E-state index contributed by atoms with van der Waals surface area (Å²) in [6.45, 7) is 0.971. The number of nitrogens with zero attached hydrogens (tertiary/aromatic N) is 2. The number of amides is 1. The molecule has 0 aliphatic carbocycles. The molecule has 2 aromatic carbocycles. The summed E-state index contributed by atoms with van der Waals surface area (Å²) in [6, 6.07) is 7.19. The molecule has 0 N–H and O–H groups in total. The highest BCUT2D eigenvalue weighted by Crippen LogP contribution is 2.40. The van der Waals surface area contributed by atoms with E-state index in [2.05, 4.69) is 4.90 Å². The number of alkyl halides is 6. The summed E-state index contributed by atoms with van der Waals surface area (Å²) in [5.74, 6) is -0.833. The minimum atomic E-state index is -4.96. The van der Waals surface area contributed by atoms with Crippen LogP contribution in [0, 0.1) is 5.82 Å². The first kappa shape index (κ1) is 26.0. The van der Waals surface area contributed by atoms with Gasteiger partial charge in [-0.05, 0) is 74.4 Å². The van der Waals surface area contributed by atoms with Crippen LogP contribution in [0.2, 0.25) is 0 Å². The van der Waals surface area contributed by atoms with Crippen LogP contribution in [0.5, 0.6) is 0 Å². The van der Waals surface area contributed by atoms with Gasteiger partial charge in [0, 0.05) is 25.4 Å². The maximum Gasteiger partial charge on any atom is 0.416 e. The lowest BCUT2D eigenvalue weighted by molar-refractivity contribution is -0.143. The molecule has 1 amide bonds. The minimum absolute atomic E-state index is 0.00800. The lowest BCUT2D eigenvalue weighted by Crippen LogP contribution is -2.44. The summed E-state index contributed by atoms with van der Waals surface area (Å²) in [4.78, 5) is 16.3. The van der Waals surface area contributed by atoms with Crippen LogP contribution in [-0.2, 0) is 29.1 Å². The highest BCUT2D eigenvalue weighted by Gasteiger charge is 2.39. The summed E-state index contributed by atoms with van der Waals surface area (Å²) in [7, 11) is 3.29. The molecule has 3 nitrogen and oxygen atoms in total. The SMILES string of the molecule is CN1CCC(CC(=O)N(C)Cc2cc(C(F)(F)F)cc(C(F)(F)F)c2)(c2ccc(F)cc2)CC1. The molecule has 1 aliphatic heterocycles. The van der Waals surface area contributed by atoms with E-state index in [1.54, 1.807) is 12.1 Å². The van der Waals surface area contributed by atoms with E-state index >= 15 is 0 Å². The maximum atomic E-state index is 13.5. The van der Waals surface area contributed by atoms with Gasteiger partial charge >= 0.3 is 12.4 Å². The highest BCUT2D eigenvalue weighted by atomic mass is 19.4. The fourth-order valence-electron chi connectivity index (χ4n) is 4.31. The second-order valence-corrected chi connectivity index (χ2v) is 8.93. The van der Waals surface area contributed by atoms with Crippen LogP contribution in [0.3, 0.4) is 0 Å². The van der Waals surface area contributed by atoms with Crippen molar-refractivity contribution in [2.75, 3.05) is 27.2 Å². The third-order valence-electron chi connectivity index (χ3n) is 6.38. The Bertz CT molecular complexity index is 975. The van der Waals surface area contributed by atoms with E-state index in [0.717, 1.165) is 10.5 Å². The van der Waals surface area contributed by atoms with Gasteiger partial charge in [0.1, 0.15) is 5.82 Å². The van der Waals surface area contributed by atoms with Gasteiger partial charge in [0.25, 0.3) is 0 Å². The van der Waals surface area contributed by atoms with Crippen molar-refractivity contribution in [3.63, 3.8) is 0 Å². The molecule has 0 unspecified atom stereocenters. The van der Waals surface area contributed by atoms with Crippen molar-refractivity contribution in [1.29, 1.82) is 0 Å². The predicted molar refractivity (Wildman–Crippen MR) is 112 cm³/mol. The smallest absolute Gasteiger partial charge is 0.341 e. The molecule has 0 saturated carbocycles. The van der Waals surface area contributed by atoms with Crippen LogP contribution in [0.15, 0.2) is 42.5 Å². The molecular formula is C24H25F7N2O. The topological polar surface area (TPSA) is 23.6 Å². The van der Waals surface area contributed by atoms with Crippen molar-refractivity contribution in [1.82, 2.24) is 9.80 Å². The molecular weight excluding hydrogens is 465 g/mol. The van der Waals surface area contributed by atoms with Gasteiger partial charge < -0.3 is 9.80 Å². The molecule has 1 aliphatic rings. The van der Waals surface area contributed by atoms with Gasteiger partial charge in [0.15, 0.2) is 0 Å². The molecule has 1 fully saturated rings. The Morgan fingerprint density at radius 2 is 1.44 bits per heavy atom. The highest BCUT2D eigenvalue weighted by molar-refractivity contribution is 5.77. The van der Waals surface area contributed by atoms with Gasteiger partial charge in [-0.15, -0.1) is 0 Å². The van der Waals surface area contributed by atoms with Gasteiger partial charge in [-0.1, -0.05) is 12.1 Å². The van der Waals surface area contributed by atoms with Crippen molar-refractivity contribution in [3.8, 4) is 0 Å². The molecule has 0 atom stereocenters. The second kappa shape index (κ2) is 9.56.